The molecule has 0 saturated heterocycles. The number of hydrogen-bond acceptors (Lipinski definition) is 0. The third-order valence-electron chi connectivity index (χ3n) is 3.95. The molecule has 2 heteroatoms. The lowest BCUT2D eigenvalue weighted by molar-refractivity contribution is -0.00000373. The van der Waals surface area contributed by atoms with Crippen molar-refractivity contribution < 1.29 is 12.4 Å². The van der Waals surface area contributed by atoms with Crippen molar-refractivity contribution >= 4 is 5.69 Å². The van der Waals surface area contributed by atoms with E-state index in [1.165, 1.54) is 51.0 Å². The van der Waals surface area contributed by atoms with Crippen LogP contribution in [0, 0.1) is 0 Å². The number of quaternary nitrogens is 1. The van der Waals surface area contributed by atoms with Crippen molar-refractivity contribution in [2.24, 2.45) is 0 Å². The lowest BCUT2D eigenvalue weighted by Crippen LogP contribution is -3.00. The summed E-state index contributed by atoms with van der Waals surface area (Å²) in [4.78, 5) is 0. The molecule has 0 fully saturated rings. The van der Waals surface area contributed by atoms with Gasteiger partial charge < -0.3 is 12.4 Å². The topological polar surface area (TPSA) is 0 Å². The molecule has 0 N–H and O–H groups in total. The highest BCUT2D eigenvalue weighted by Gasteiger charge is 2.25. The van der Waals surface area contributed by atoms with Gasteiger partial charge in [0, 0.05) is 0 Å². The molecule has 0 aliphatic rings. The molecule has 0 amide bonds. The van der Waals surface area contributed by atoms with E-state index in [1.54, 1.807) is 0 Å². The van der Waals surface area contributed by atoms with Crippen LogP contribution >= 0.6 is 0 Å². The Kier molecular flexibility index (Phi) is 9.13. The van der Waals surface area contributed by atoms with Gasteiger partial charge in [0.25, 0.3) is 0 Å². The van der Waals surface area contributed by atoms with Gasteiger partial charge >= 0.3 is 0 Å². The monoisotopic (exact) mass is 269 g/mol. The van der Waals surface area contributed by atoms with Crippen LogP contribution in [0.25, 0.3) is 0 Å². The fourth-order valence-electron chi connectivity index (χ4n) is 2.62. The van der Waals surface area contributed by atoms with Crippen LogP contribution in [-0.2, 0) is 0 Å². The van der Waals surface area contributed by atoms with Crippen molar-refractivity contribution in [3.63, 3.8) is 0 Å². The maximum atomic E-state index is 2.32. The van der Waals surface area contributed by atoms with Crippen molar-refractivity contribution in [2.45, 2.75) is 46.5 Å². The Labute approximate surface area is 119 Å². The summed E-state index contributed by atoms with van der Waals surface area (Å²) in [7, 11) is 0. The van der Waals surface area contributed by atoms with Crippen LogP contribution in [0.2, 0.25) is 0 Å². The molecule has 0 spiro atoms. The minimum atomic E-state index is 0. The number of para-hydroxylation sites is 1. The zero-order chi connectivity index (χ0) is 12.6. The van der Waals surface area contributed by atoms with E-state index < -0.39 is 0 Å². The molecule has 0 aliphatic carbocycles. The van der Waals surface area contributed by atoms with Gasteiger partial charge in [0.2, 0.25) is 0 Å². The predicted octanol–water partition coefficient (Wildman–Crippen LogP) is 1.62. The molecule has 0 radical (unpaired) electrons. The first-order chi connectivity index (χ1) is 8.29. The third-order valence-corrected chi connectivity index (χ3v) is 3.95. The molecule has 0 heterocycles. The van der Waals surface area contributed by atoms with Crippen molar-refractivity contribution in [1.82, 2.24) is 4.48 Å². The fraction of sp³-hybridized carbons (Fsp3) is 0.625. The summed E-state index contributed by atoms with van der Waals surface area (Å²) in [5, 5.41) is 0. The molecule has 0 saturated carbocycles. The van der Waals surface area contributed by atoms with Crippen LogP contribution in [0.4, 0.5) is 5.69 Å². The zero-order valence-corrected chi connectivity index (χ0v) is 12.9. The van der Waals surface area contributed by atoms with Crippen molar-refractivity contribution in [1.29, 1.82) is 0 Å². The number of hydrogen-bond donors (Lipinski definition) is 0. The quantitative estimate of drug-likeness (QED) is 0.497. The molecule has 1 nitrogen and oxygen atoms in total. The van der Waals surface area contributed by atoms with E-state index in [4.69, 9.17) is 0 Å². The fourth-order valence-corrected chi connectivity index (χ4v) is 2.62. The molecule has 1 aromatic carbocycles. The molecule has 0 unspecified atom stereocenters. The normalized spacial score (nSPS) is 11.1. The summed E-state index contributed by atoms with van der Waals surface area (Å²) in [6.07, 6.45) is 5.43. The first-order valence-corrected chi connectivity index (χ1v) is 7.20. The summed E-state index contributed by atoms with van der Waals surface area (Å²) in [6.45, 7) is 10.6. The van der Waals surface area contributed by atoms with Crippen LogP contribution < -0.4 is 16.9 Å². The van der Waals surface area contributed by atoms with E-state index in [0.29, 0.717) is 0 Å². The van der Waals surface area contributed by atoms with E-state index in [-0.39, 0.29) is 12.4 Å². The summed E-state index contributed by atoms with van der Waals surface area (Å²) in [5.74, 6) is 0. The first-order valence-electron chi connectivity index (χ1n) is 7.20. The minimum absolute atomic E-state index is 0. The maximum absolute atomic E-state index is 2.32. The first kappa shape index (κ1) is 17.5. The molecule has 0 aliphatic heterocycles. The second-order valence-corrected chi connectivity index (χ2v) is 4.90. The Morgan fingerprint density at radius 1 is 0.833 bits per heavy atom. The highest BCUT2D eigenvalue weighted by Crippen LogP contribution is 2.23. The van der Waals surface area contributed by atoms with Gasteiger partial charge in [-0.2, -0.15) is 0 Å². The van der Waals surface area contributed by atoms with E-state index in [9.17, 15) is 0 Å². The van der Waals surface area contributed by atoms with Gasteiger partial charge in [-0.05, 0) is 38.8 Å². The standard InChI is InChI=1S/C16H28N.ClH/c1-4-7-8-12-15-17(5-2,6-3)16-13-10-9-11-14-16;/h9-11,13-14H,4-8,12,15H2,1-3H3;1H/q+1;/p-1. The van der Waals surface area contributed by atoms with Crippen LogP contribution in [0.1, 0.15) is 46.5 Å². The molecule has 1 aromatic rings. The average molecular weight is 270 g/mol. The number of benzene rings is 1. The smallest absolute Gasteiger partial charge is 0.132 e. The Bertz CT molecular complexity index is 293. The van der Waals surface area contributed by atoms with E-state index in [0.717, 1.165) is 4.48 Å². The van der Waals surface area contributed by atoms with Crippen LogP contribution in [0.3, 0.4) is 0 Å². The summed E-state index contributed by atoms with van der Waals surface area (Å²) in [5.41, 5.74) is 1.48. The minimum Gasteiger partial charge on any atom is -1.00 e. The Morgan fingerprint density at radius 2 is 1.44 bits per heavy atom. The van der Waals surface area contributed by atoms with Gasteiger partial charge in [-0.25, -0.2) is 0 Å². The van der Waals surface area contributed by atoms with Gasteiger partial charge in [0.05, 0.1) is 19.6 Å². The lowest BCUT2D eigenvalue weighted by Gasteiger charge is -2.36. The van der Waals surface area contributed by atoms with E-state index in [2.05, 4.69) is 51.1 Å². The van der Waals surface area contributed by atoms with Gasteiger partial charge in [-0.1, -0.05) is 38.0 Å². The zero-order valence-electron chi connectivity index (χ0n) is 12.2. The SMILES string of the molecule is CCCCCC[N+](CC)(CC)c1ccccc1.[Cl-]. The molecule has 0 atom stereocenters. The predicted molar refractivity (Wildman–Crippen MR) is 78.3 cm³/mol. The summed E-state index contributed by atoms with van der Waals surface area (Å²) in [6, 6.07) is 11.0. The molecule has 0 bridgehead atoms. The van der Waals surface area contributed by atoms with Gasteiger partial charge in [0.15, 0.2) is 0 Å². The molecule has 18 heavy (non-hydrogen) atoms. The van der Waals surface area contributed by atoms with Gasteiger partial charge in [0.1, 0.15) is 5.69 Å². The van der Waals surface area contributed by atoms with Crippen molar-refractivity contribution in [3.05, 3.63) is 30.3 Å². The average Bonchev–Trinajstić information content (AvgIpc) is 2.41. The Morgan fingerprint density at radius 3 is 1.94 bits per heavy atom. The van der Waals surface area contributed by atoms with E-state index in [1.807, 2.05) is 0 Å². The highest BCUT2D eigenvalue weighted by molar-refractivity contribution is 5.42. The van der Waals surface area contributed by atoms with Crippen LogP contribution in [-0.4, -0.2) is 19.6 Å². The number of nitrogens with zero attached hydrogens (tertiary/aromatic N) is 1. The van der Waals surface area contributed by atoms with Crippen molar-refractivity contribution in [3.8, 4) is 0 Å². The number of halogens is 1. The summed E-state index contributed by atoms with van der Waals surface area (Å²) >= 11 is 0. The van der Waals surface area contributed by atoms with Gasteiger partial charge in [-0.3, -0.25) is 4.48 Å². The molecular weight excluding hydrogens is 242 g/mol. The van der Waals surface area contributed by atoms with Gasteiger partial charge in [-0.15, -0.1) is 0 Å². The molecule has 1 rings (SSSR count). The highest BCUT2D eigenvalue weighted by atomic mass is 35.5. The van der Waals surface area contributed by atoms with Crippen molar-refractivity contribution in [2.75, 3.05) is 19.6 Å². The molecular formula is C16H28ClN. The summed E-state index contributed by atoms with van der Waals surface area (Å²) < 4.78 is 1.14. The largest absolute Gasteiger partial charge is 1.00 e. The second-order valence-electron chi connectivity index (χ2n) is 4.90. The number of unbranched alkanes of at least 4 members (excludes halogenated alkanes) is 3. The van der Waals surface area contributed by atoms with Crippen LogP contribution in [0.15, 0.2) is 30.3 Å². The number of rotatable bonds is 8. The maximum Gasteiger partial charge on any atom is 0.132 e. The third kappa shape index (κ3) is 4.62. The molecule has 104 valence electrons. The Balaban J connectivity index is 0.00000289. The molecule has 0 aromatic heterocycles. The lowest BCUT2D eigenvalue weighted by atomic mass is 10.1. The second kappa shape index (κ2) is 9.41. The van der Waals surface area contributed by atoms with E-state index >= 15 is 0 Å². The van der Waals surface area contributed by atoms with Crippen LogP contribution in [0.5, 0.6) is 0 Å². The Hall–Kier alpha value is -0.530.